The second-order valence-corrected chi connectivity index (χ2v) is 18.7. The second kappa shape index (κ2) is 27.5. The lowest BCUT2D eigenvalue weighted by molar-refractivity contribution is -0.377. The number of benzene rings is 5. The van der Waals surface area contributed by atoms with E-state index in [-0.39, 0.29) is 26.4 Å². The van der Waals surface area contributed by atoms with Gasteiger partial charge in [-0.2, -0.15) is 0 Å². The number of hydrogen-bond acceptors (Lipinski definition) is 16. The van der Waals surface area contributed by atoms with Crippen molar-refractivity contribution in [3.05, 3.63) is 179 Å². The maximum absolute atomic E-state index is 13.9. The summed E-state index contributed by atoms with van der Waals surface area (Å²) in [6.45, 7) is 3.84. The largest absolute Gasteiger partial charge is 0.479 e. The van der Waals surface area contributed by atoms with Crippen molar-refractivity contribution in [3.63, 3.8) is 0 Å². The summed E-state index contributed by atoms with van der Waals surface area (Å²) in [5, 5.41) is 24.9. The van der Waals surface area contributed by atoms with Gasteiger partial charge in [0, 0.05) is 27.2 Å². The lowest BCUT2D eigenvalue weighted by Gasteiger charge is -2.50. The maximum atomic E-state index is 13.9. The molecule has 19 nitrogen and oxygen atoms in total. The van der Waals surface area contributed by atoms with Crippen LogP contribution < -0.4 is 5.32 Å². The zero-order valence-corrected chi connectivity index (χ0v) is 43.0. The van der Waals surface area contributed by atoms with Crippen LogP contribution in [0.2, 0.25) is 0 Å². The van der Waals surface area contributed by atoms with Crippen LogP contribution in [0.1, 0.15) is 48.6 Å². The number of aliphatic carboxylic acids is 2. The predicted octanol–water partition coefficient (Wildman–Crippen LogP) is 6.03. The molecule has 0 aliphatic carbocycles. The van der Waals surface area contributed by atoms with Crippen LogP contribution in [0.15, 0.2) is 157 Å². The van der Waals surface area contributed by atoms with E-state index in [1.807, 2.05) is 140 Å². The van der Waals surface area contributed by atoms with E-state index < -0.39 is 116 Å². The van der Waals surface area contributed by atoms with Gasteiger partial charge in [-0.25, -0.2) is 9.59 Å². The highest BCUT2D eigenvalue weighted by Gasteiger charge is 2.59. The van der Waals surface area contributed by atoms with Gasteiger partial charge in [-0.1, -0.05) is 152 Å². The van der Waals surface area contributed by atoms with E-state index in [9.17, 15) is 29.4 Å². The van der Waals surface area contributed by atoms with Crippen LogP contribution in [0.5, 0.6) is 0 Å². The Balaban J connectivity index is 1.22. The molecule has 0 spiro atoms. The van der Waals surface area contributed by atoms with Crippen molar-refractivity contribution in [3.8, 4) is 0 Å². The van der Waals surface area contributed by atoms with Crippen LogP contribution in [-0.4, -0.2) is 139 Å². The topological polar surface area (TPSA) is 235 Å². The standard InChI is InChI=1S/C58H64N2O17/c1-35-43(59-30-38-20-10-5-11-21-38)45(73-37(3)62)44(60-36(2)61)56(72-35)74-48-47(69-32-40-24-14-7-15-25-40)52(70-33-41-26-16-8-17-27-41)58(77-51(48)55(65)66)75-49-46(68-31-39-22-12-6-13-23-39)50(54(63)64)76-57(67-4)53(49)71-34-42-28-18-9-19-29-42/h5-30,35,43-53,56-58H,31-34H2,1-4H3,(H,60,61)(H,63,64)(H,65,66)/t35-,43+,44-,45+,46-,47+,48-,49+,50+,51+,52-,53-,56-,57+,58+/m1/s1. The van der Waals surface area contributed by atoms with Crippen molar-refractivity contribution in [1.29, 1.82) is 0 Å². The Morgan fingerprint density at radius 1 is 0.519 bits per heavy atom. The minimum Gasteiger partial charge on any atom is -0.479 e. The number of nitrogens with one attached hydrogen (secondary N) is 1. The molecule has 8 rings (SSSR count). The molecule has 0 saturated carbocycles. The van der Waals surface area contributed by atoms with Crippen molar-refractivity contribution < 1.29 is 81.5 Å². The lowest BCUT2D eigenvalue weighted by atomic mass is 9.93. The number of hydrogen-bond donors (Lipinski definition) is 3. The smallest absolute Gasteiger partial charge is 0.335 e. The highest BCUT2D eigenvalue weighted by molar-refractivity contribution is 5.80. The van der Waals surface area contributed by atoms with Gasteiger partial charge in [0.05, 0.1) is 32.5 Å². The monoisotopic (exact) mass is 1060 g/mol. The van der Waals surface area contributed by atoms with Crippen molar-refractivity contribution in [2.75, 3.05) is 7.11 Å². The molecule has 408 valence electrons. The number of ether oxygens (including phenoxy) is 11. The van der Waals surface area contributed by atoms with Crippen molar-refractivity contribution >= 4 is 30.0 Å². The molecule has 77 heavy (non-hydrogen) atoms. The first kappa shape index (κ1) is 56.5. The van der Waals surface area contributed by atoms with Gasteiger partial charge in [-0.05, 0) is 34.7 Å². The first-order valence-electron chi connectivity index (χ1n) is 25.3. The molecule has 3 fully saturated rings. The van der Waals surface area contributed by atoms with E-state index in [4.69, 9.17) is 57.1 Å². The highest BCUT2D eigenvalue weighted by atomic mass is 16.8. The number of methoxy groups -OCH3 is 1. The zero-order valence-electron chi connectivity index (χ0n) is 43.0. The van der Waals surface area contributed by atoms with E-state index in [1.165, 1.54) is 21.0 Å². The molecule has 5 aromatic rings. The third-order valence-corrected chi connectivity index (χ3v) is 13.1. The number of carboxylic acid groups (broad SMARTS) is 2. The molecule has 0 aromatic heterocycles. The van der Waals surface area contributed by atoms with Crippen LogP contribution >= 0.6 is 0 Å². The molecule has 3 aliphatic rings. The number of esters is 1. The zero-order chi connectivity index (χ0) is 54.3. The summed E-state index contributed by atoms with van der Waals surface area (Å²) in [4.78, 5) is 57.9. The average Bonchev–Trinajstić information content (AvgIpc) is 3.44. The molecule has 0 bridgehead atoms. The van der Waals surface area contributed by atoms with E-state index in [0.717, 1.165) is 11.1 Å². The summed E-state index contributed by atoms with van der Waals surface area (Å²) in [5.74, 6) is -4.17. The molecule has 3 aliphatic heterocycles. The van der Waals surface area contributed by atoms with Gasteiger partial charge in [0.2, 0.25) is 5.91 Å². The van der Waals surface area contributed by atoms with Gasteiger partial charge in [0.25, 0.3) is 0 Å². The number of carboxylic acids is 2. The number of nitrogens with zero attached hydrogens (tertiary/aromatic N) is 1. The van der Waals surface area contributed by atoms with E-state index in [2.05, 4.69) is 5.32 Å². The molecule has 5 aromatic carbocycles. The van der Waals surface area contributed by atoms with E-state index in [0.29, 0.717) is 16.7 Å². The molecule has 0 unspecified atom stereocenters. The van der Waals surface area contributed by atoms with Crippen molar-refractivity contribution in [2.45, 2.75) is 139 Å². The van der Waals surface area contributed by atoms with Crippen molar-refractivity contribution in [2.24, 2.45) is 4.99 Å². The van der Waals surface area contributed by atoms with E-state index in [1.54, 1.807) is 25.3 Å². The van der Waals surface area contributed by atoms with Gasteiger partial charge in [-0.15, -0.1) is 0 Å². The second-order valence-electron chi connectivity index (χ2n) is 18.7. The highest BCUT2D eigenvalue weighted by Crippen LogP contribution is 2.38. The summed E-state index contributed by atoms with van der Waals surface area (Å²) in [6.07, 6.45) is -17.4. The minimum absolute atomic E-state index is 0.0182. The molecular weight excluding hydrogens is 997 g/mol. The molecule has 1 amide bonds. The molecule has 3 saturated heterocycles. The number of carbonyl (C=O) groups is 4. The Labute approximate surface area is 446 Å². The molecule has 3 heterocycles. The SMILES string of the molecule is CO[C@H]1O[C@H](C(=O)O)[C@H](OCc2ccccc2)[C@H](O[C@H]2O[C@H](C(=O)O)[C@H](O[C@H]3O[C@H](C)[C@H](N=Cc4ccccc4)[C@H](OC(C)=O)[C@H]3NC(C)=O)[C@H](OCc3ccccc3)[C@H]2OCc2ccccc2)[C@H]1OCc1ccccc1. The summed E-state index contributed by atoms with van der Waals surface area (Å²) >= 11 is 0. The van der Waals surface area contributed by atoms with Crippen LogP contribution in [0, 0.1) is 0 Å². The first-order chi connectivity index (χ1) is 37.4. The quantitative estimate of drug-likeness (QED) is 0.0500. The van der Waals surface area contributed by atoms with Gasteiger partial charge in [0.15, 0.2) is 37.2 Å². The van der Waals surface area contributed by atoms with Crippen LogP contribution in [-0.2, 0) is 97.7 Å². The summed E-state index contributed by atoms with van der Waals surface area (Å²) in [5.41, 5.74) is 3.60. The van der Waals surface area contributed by atoms with Crippen LogP contribution in [0.25, 0.3) is 0 Å². The predicted molar refractivity (Wildman–Crippen MR) is 275 cm³/mol. The summed E-state index contributed by atoms with van der Waals surface area (Å²) < 4.78 is 71.4. The summed E-state index contributed by atoms with van der Waals surface area (Å²) in [7, 11) is 1.33. The average molecular weight is 1060 g/mol. The van der Waals surface area contributed by atoms with Gasteiger partial charge in [0.1, 0.15) is 48.7 Å². The number of aliphatic imine (C=N–C) groups is 1. The summed E-state index contributed by atoms with van der Waals surface area (Å²) in [6, 6.07) is 43.5. The number of amides is 1. The lowest BCUT2D eigenvalue weighted by Crippen LogP contribution is -2.69. The normalized spacial score (nSPS) is 29.3. The van der Waals surface area contributed by atoms with Crippen LogP contribution in [0.3, 0.4) is 0 Å². The molecular formula is C58H64N2O17. The Bertz CT molecular complexity index is 2670. The Hall–Kier alpha value is -6.75. The Morgan fingerprint density at radius 2 is 0.935 bits per heavy atom. The molecule has 0 radical (unpaired) electrons. The Morgan fingerprint density at radius 3 is 1.39 bits per heavy atom. The van der Waals surface area contributed by atoms with Gasteiger partial charge < -0.3 is 67.6 Å². The Kier molecular flexibility index (Phi) is 20.2. The number of rotatable bonds is 23. The molecule has 19 heteroatoms. The molecule has 15 atom stereocenters. The van der Waals surface area contributed by atoms with Gasteiger partial charge in [-0.3, -0.25) is 14.6 Å². The minimum atomic E-state index is -1.96. The third kappa shape index (κ3) is 15.1. The first-order valence-corrected chi connectivity index (χ1v) is 25.3. The fraction of sp³-hybridized carbons (Fsp3) is 0.397. The molecule has 3 N–H and O–H groups in total. The van der Waals surface area contributed by atoms with Crippen LogP contribution in [0.4, 0.5) is 0 Å². The maximum Gasteiger partial charge on any atom is 0.335 e. The third-order valence-electron chi connectivity index (χ3n) is 13.1. The fourth-order valence-corrected chi connectivity index (χ4v) is 9.49. The fourth-order valence-electron chi connectivity index (χ4n) is 9.49. The van der Waals surface area contributed by atoms with Crippen molar-refractivity contribution in [1.82, 2.24) is 5.32 Å². The van der Waals surface area contributed by atoms with Gasteiger partial charge >= 0.3 is 17.9 Å². The number of carbonyl (C=O) groups excluding carboxylic acids is 2. The van der Waals surface area contributed by atoms with E-state index >= 15 is 0 Å².